The first-order chi connectivity index (χ1) is 5.45. The van der Waals surface area contributed by atoms with E-state index in [1.807, 2.05) is 13.8 Å². The third-order valence-electron chi connectivity index (χ3n) is 3.08. The van der Waals surface area contributed by atoms with Crippen molar-refractivity contribution in [2.75, 3.05) is 7.11 Å². The Morgan fingerprint density at radius 2 is 2.08 bits per heavy atom. The highest BCUT2D eigenvalue weighted by Gasteiger charge is 2.59. The van der Waals surface area contributed by atoms with E-state index < -0.39 is 17.5 Å². The summed E-state index contributed by atoms with van der Waals surface area (Å²) in [5.74, 6) is -2.36. The highest BCUT2D eigenvalue weighted by atomic mass is 19.1. The van der Waals surface area contributed by atoms with Crippen LogP contribution in [0.4, 0.5) is 4.39 Å². The van der Waals surface area contributed by atoms with Gasteiger partial charge >= 0.3 is 0 Å². The largest absolute Gasteiger partial charge is 0.365 e. The van der Waals surface area contributed by atoms with Crippen molar-refractivity contribution in [2.24, 2.45) is 17.8 Å². The van der Waals surface area contributed by atoms with Crippen molar-refractivity contribution < 1.29 is 14.2 Å². The van der Waals surface area contributed by atoms with Crippen LogP contribution in [0.3, 0.4) is 0 Å². The number of hydrogen-bond donors (Lipinski definition) is 1. The van der Waals surface area contributed by atoms with Gasteiger partial charge in [0.2, 0.25) is 0 Å². The molecule has 0 amide bonds. The molecular formula is C9H15FO2. The molecule has 0 radical (unpaired) electrons. The minimum atomic E-state index is -1.34. The second kappa shape index (κ2) is 2.82. The molecule has 3 heteroatoms. The summed E-state index contributed by atoms with van der Waals surface area (Å²) in [6.07, 6.45) is 0. The van der Waals surface area contributed by atoms with E-state index >= 15 is 0 Å². The Morgan fingerprint density at radius 1 is 1.58 bits per heavy atom. The van der Waals surface area contributed by atoms with E-state index in [1.54, 1.807) is 0 Å². The summed E-state index contributed by atoms with van der Waals surface area (Å²) >= 11 is 0. The Labute approximate surface area is 72.0 Å². The molecule has 1 aliphatic rings. The Balaban J connectivity index is 2.81. The number of ether oxygens (including phenoxy) is 1. The predicted molar refractivity (Wildman–Crippen MR) is 44.0 cm³/mol. The summed E-state index contributed by atoms with van der Waals surface area (Å²) in [6.45, 7) is 6.92. The van der Waals surface area contributed by atoms with Crippen molar-refractivity contribution in [1.82, 2.24) is 0 Å². The van der Waals surface area contributed by atoms with E-state index in [2.05, 4.69) is 6.58 Å². The lowest BCUT2D eigenvalue weighted by Crippen LogP contribution is -2.61. The molecule has 1 aliphatic carbocycles. The van der Waals surface area contributed by atoms with Gasteiger partial charge in [0.25, 0.3) is 0 Å². The molecule has 2 nitrogen and oxygen atoms in total. The zero-order valence-electron chi connectivity index (χ0n) is 7.67. The van der Waals surface area contributed by atoms with Crippen LogP contribution in [-0.2, 0) is 4.74 Å². The molecule has 70 valence electrons. The summed E-state index contributed by atoms with van der Waals surface area (Å²) in [5, 5.41) is 9.76. The molecule has 0 bridgehead atoms. The van der Waals surface area contributed by atoms with Gasteiger partial charge in [-0.15, -0.1) is 0 Å². The smallest absolute Gasteiger partial charge is 0.177 e. The molecule has 1 rings (SSSR count). The molecule has 1 saturated carbocycles. The second-order valence-electron chi connectivity index (χ2n) is 3.53. The maximum Gasteiger partial charge on any atom is 0.177 e. The molecule has 0 aromatic heterocycles. The molecule has 1 fully saturated rings. The molecular weight excluding hydrogens is 159 g/mol. The van der Waals surface area contributed by atoms with E-state index in [0.717, 1.165) is 0 Å². The Kier molecular flexibility index (Phi) is 2.27. The third kappa shape index (κ3) is 1.00. The summed E-state index contributed by atoms with van der Waals surface area (Å²) in [4.78, 5) is 0. The van der Waals surface area contributed by atoms with Crippen molar-refractivity contribution in [3.8, 4) is 0 Å². The lowest BCUT2D eigenvalue weighted by molar-refractivity contribution is -0.323. The first kappa shape index (κ1) is 9.68. The summed E-state index contributed by atoms with van der Waals surface area (Å²) in [7, 11) is 1.39. The van der Waals surface area contributed by atoms with Crippen molar-refractivity contribution in [3.05, 3.63) is 12.4 Å². The van der Waals surface area contributed by atoms with Crippen LogP contribution < -0.4 is 0 Å². The highest BCUT2D eigenvalue weighted by molar-refractivity contribution is 5.11. The van der Waals surface area contributed by atoms with Gasteiger partial charge in [-0.3, -0.25) is 0 Å². The first-order valence-electron chi connectivity index (χ1n) is 4.07. The normalized spacial score (nSPS) is 46.9. The standard InChI is InChI=1S/C9H15FO2/c1-5-6(2)9(11,12-4)8(5)7(3)10/h5-6,8,11H,3H2,1-2,4H3/t5-,6-,8-,9?/m0/s1. The molecule has 0 heterocycles. The SMILES string of the molecule is C=C(F)[C@@H]1[C@@H](C)[C@H](C)C1(O)OC. The average molecular weight is 174 g/mol. The third-order valence-corrected chi connectivity index (χ3v) is 3.08. The minimum absolute atomic E-state index is 0.0417. The van der Waals surface area contributed by atoms with Crippen molar-refractivity contribution in [1.29, 1.82) is 0 Å². The van der Waals surface area contributed by atoms with Gasteiger partial charge in [0, 0.05) is 13.0 Å². The number of aliphatic hydroxyl groups is 1. The predicted octanol–water partition coefficient (Wildman–Crippen LogP) is 1.71. The fourth-order valence-electron chi connectivity index (χ4n) is 2.03. The van der Waals surface area contributed by atoms with Gasteiger partial charge in [0.15, 0.2) is 5.79 Å². The van der Waals surface area contributed by atoms with E-state index in [-0.39, 0.29) is 11.8 Å². The Morgan fingerprint density at radius 3 is 2.33 bits per heavy atom. The van der Waals surface area contributed by atoms with E-state index in [1.165, 1.54) is 7.11 Å². The zero-order chi connectivity index (χ0) is 9.52. The lowest BCUT2D eigenvalue weighted by atomic mass is 9.60. The van der Waals surface area contributed by atoms with Crippen LogP contribution in [-0.4, -0.2) is 18.0 Å². The van der Waals surface area contributed by atoms with Crippen molar-refractivity contribution >= 4 is 0 Å². The molecule has 0 saturated heterocycles. The fourth-order valence-corrected chi connectivity index (χ4v) is 2.03. The lowest BCUT2D eigenvalue weighted by Gasteiger charge is -2.54. The molecule has 0 aromatic rings. The quantitative estimate of drug-likeness (QED) is 0.646. The van der Waals surface area contributed by atoms with Gasteiger partial charge in [-0.25, -0.2) is 4.39 Å². The van der Waals surface area contributed by atoms with Gasteiger partial charge in [-0.05, 0) is 5.92 Å². The summed E-state index contributed by atoms with van der Waals surface area (Å²) < 4.78 is 17.7. The Bertz CT molecular complexity index is 205. The minimum Gasteiger partial charge on any atom is -0.365 e. The van der Waals surface area contributed by atoms with Gasteiger partial charge in [0.05, 0.1) is 5.92 Å². The molecule has 1 unspecified atom stereocenters. The molecule has 0 spiro atoms. The topological polar surface area (TPSA) is 29.5 Å². The van der Waals surface area contributed by atoms with Crippen LogP contribution >= 0.6 is 0 Å². The fraction of sp³-hybridized carbons (Fsp3) is 0.778. The van der Waals surface area contributed by atoms with Crippen LogP contribution in [0.25, 0.3) is 0 Å². The molecule has 12 heavy (non-hydrogen) atoms. The number of hydrogen-bond acceptors (Lipinski definition) is 2. The second-order valence-corrected chi connectivity index (χ2v) is 3.53. The monoisotopic (exact) mass is 174 g/mol. The van der Waals surface area contributed by atoms with Crippen molar-refractivity contribution in [2.45, 2.75) is 19.6 Å². The van der Waals surface area contributed by atoms with Crippen LogP contribution in [0.2, 0.25) is 0 Å². The number of methoxy groups -OCH3 is 1. The van der Waals surface area contributed by atoms with Crippen LogP contribution in [0, 0.1) is 17.8 Å². The van der Waals surface area contributed by atoms with Crippen LogP contribution in [0.1, 0.15) is 13.8 Å². The number of halogens is 1. The van der Waals surface area contributed by atoms with Crippen molar-refractivity contribution in [3.63, 3.8) is 0 Å². The summed E-state index contributed by atoms with van der Waals surface area (Å²) in [6, 6.07) is 0. The highest BCUT2D eigenvalue weighted by Crippen LogP contribution is 2.52. The van der Waals surface area contributed by atoms with E-state index in [0.29, 0.717) is 0 Å². The van der Waals surface area contributed by atoms with Crippen LogP contribution in [0.15, 0.2) is 12.4 Å². The van der Waals surface area contributed by atoms with Gasteiger partial charge < -0.3 is 9.84 Å². The molecule has 1 N–H and O–H groups in total. The maximum atomic E-state index is 12.8. The first-order valence-corrected chi connectivity index (χ1v) is 4.07. The van der Waals surface area contributed by atoms with Crippen LogP contribution in [0.5, 0.6) is 0 Å². The van der Waals surface area contributed by atoms with E-state index in [4.69, 9.17) is 4.74 Å². The van der Waals surface area contributed by atoms with Gasteiger partial charge in [-0.1, -0.05) is 20.4 Å². The molecule has 4 atom stereocenters. The molecule has 0 aliphatic heterocycles. The Hall–Kier alpha value is -0.410. The van der Waals surface area contributed by atoms with E-state index in [9.17, 15) is 9.50 Å². The maximum absolute atomic E-state index is 12.8. The van der Waals surface area contributed by atoms with Gasteiger partial charge in [-0.2, -0.15) is 0 Å². The van der Waals surface area contributed by atoms with Gasteiger partial charge in [0.1, 0.15) is 5.83 Å². The zero-order valence-corrected chi connectivity index (χ0v) is 7.67. The average Bonchev–Trinajstić information content (AvgIpc) is 2.02. The number of rotatable bonds is 2. The summed E-state index contributed by atoms with van der Waals surface area (Å²) in [5.41, 5.74) is 0. The molecule has 0 aromatic carbocycles.